The average molecular weight is 396 g/mol. The van der Waals surface area contributed by atoms with Gasteiger partial charge >= 0.3 is 0 Å². The SMILES string of the molecule is CN=C(NCc1c(Cl)cccc1N1CCN(C)CC1)NCC1CCCS1. The molecule has 3 rings (SSSR count). The van der Waals surface area contributed by atoms with Gasteiger partial charge < -0.3 is 20.4 Å². The van der Waals surface area contributed by atoms with Crippen LogP contribution in [0.1, 0.15) is 18.4 Å². The number of aliphatic imine (C=N–C) groups is 1. The second-order valence-corrected chi connectivity index (χ2v) is 8.78. The van der Waals surface area contributed by atoms with Crippen LogP contribution in [-0.4, -0.2) is 68.7 Å². The van der Waals surface area contributed by atoms with Gasteiger partial charge in [-0.25, -0.2) is 0 Å². The van der Waals surface area contributed by atoms with Crippen molar-refractivity contribution in [3.8, 4) is 0 Å². The van der Waals surface area contributed by atoms with E-state index in [4.69, 9.17) is 11.6 Å². The molecule has 26 heavy (non-hydrogen) atoms. The van der Waals surface area contributed by atoms with E-state index < -0.39 is 0 Å². The number of guanidine groups is 1. The maximum Gasteiger partial charge on any atom is 0.191 e. The number of hydrogen-bond acceptors (Lipinski definition) is 4. The fourth-order valence-corrected chi connectivity index (χ4v) is 4.91. The van der Waals surface area contributed by atoms with Crippen molar-refractivity contribution in [2.45, 2.75) is 24.6 Å². The quantitative estimate of drug-likeness (QED) is 0.592. The molecule has 2 saturated heterocycles. The van der Waals surface area contributed by atoms with E-state index in [2.05, 4.69) is 50.3 Å². The number of benzene rings is 1. The molecule has 0 saturated carbocycles. The lowest BCUT2D eigenvalue weighted by atomic mass is 10.1. The van der Waals surface area contributed by atoms with Gasteiger partial charge in [-0.1, -0.05) is 17.7 Å². The highest BCUT2D eigenvalue weighted by Gasteiger charge is 2.19. The molecule has 1 atom stereocenters. The molecule has 2 heterocycles. The highest BCUT2D eigenvalue weighted by Crippen LogP contribution is 2.28. The summed E-state index contributed by atoms with van der Waals surface area (Å²) in [6.07, 6.45) is 2.63. The van der Waals surface area contributed by atoms with Gasteiger partial charge in [0.2, 0.25) is 0 Å². The fourth-order valence-electron chi connectivity index (χ4n) is 3.47. The topological polar surface area (TPSA) is 42.9 Å². The minimum atomic E-state index is 0.679. The molecule has 0 aliphatic carbocycles. The Kier molecular flexibility index (Phi) is 7.34. The third-order valence-corrected chi connectivity index (χ3v) is 6.87. The number of nitrogens with one attached hydrogen (secondary N) is 2. The van der Waals surface area contributed by atoms with E-state index in [9.17, 15) is 0 Å². The van der Waals surface area contributed by atoms with Gasteiger partial charge in [0.05, 0.1) is 0 Å². The highest BCUT2D eigenvalue weighted by molar-refractivity contribution is 8.00. The van der Waals surface area contributed by atoms with Gasteiger partial charge in [-0.3, -0.25) is 4.99 Å². The second kappa shape index (κ2) is 9.72. The number of piperazine rings is 1. The Morgan fingerprint density at radius 2 is 2.08 bits per heavy atom. The van der Waals surface area contributed by atoms with Crippen LogP contribution in [0.3, 0.4) is 0 Å². The molecule has 2 fully saturated rings. The zero-order chi connectivity index (χ0) is 18.4. The molecule has 1 aromatic carbocycles. The van der Waals surface area contributed by atoms with Gasteiger partial charge in [0.1, 0.15) is 0 Å². The van der Waals surface area contributed by atoms with Crippen molar-refractivity contribution in [3.05, 3.63) is 28.8 Å². The summed E-state index contributed by atoms with van der Waals surface area (Å²) < 4.78 is 0. The predicted molar refractivity (Wildman–Crippen MR) is 115 cm³/mol. The van der Waals surface area contributed by atoms with Gasteiger partial charge in [0, 0.05) is 67.8 Å². The highest BCUT2D eigenvalue weighted by atomic mass is 35.5. The van der Waals surface area contributed by atoms with Crippen LogP contribution in [-0.2, 0) is 6.54 Å². The van der Waals surface area contributed by atoms with Crippen LogP contribution in [0.5, 0.6) is 0 Å². The van der Waals surface area contributed by atoms with Gasteiger partial charge in [-0.15, -0.1) is 0 Å². The molecule has 2 N–H and O–H groups in total. The summed E-state index contributed by atoms with van der Waals surface area (Å²) in [5.41, 5.74) is 2.39. The molecule has 7 heteroatoms. The lowest BCUT2D eigenvalue weighted by molar-refractivity contribution is 0.312. The van der Waals surface area contributed by atoms with E-state index in [-0.39, 0.29) is 0 Å². The van der Waals surface area contributed by atoms with E-state index in [0.29, 0.717) is 11.8 Å². The van der Waals surface area contributed by atoms with E-state index in [0.717, 1.165) is 49.3 Å². The largest absolute Gasteiger partial charge is 0.369 e. The third kappa shape index (κ3) is 5.21. The molecule has 0 amide bonds. The van der Waals surface area contributed by atoms with Gasteiger partial charge in [0.15, 0.2) is 5.96 Å². The van der Waals surface area contributed by atoms with Crippen molar-refractivity contribution >= 4 is 35.0 Å². The van der Waals surface area contributed by atoms with Crippen molar-refractivity contribution < 1.29 is 0 Å². The molecule has 144 valence electrons. The molecular formula is C19H30ClN5S. The minimum absolute atomic E-state index is 0.679. The van der Waals surface area contributed by atoms with Crippen LogP contribution >= 0.6 is 23.4 Å². The fraction of sp³-hybridized carbons (Fsp3) is 0.632. The summed E-state index contributed by atoms with van der Waals surface area (Å²) in [5, 5.41) is 8.43. The summed E-state index contributed by atoms with van der Waals surface area (Å²) in [4.78, 5) is 9.17. The minimum Gasteiger partial charge on any atom is -0.369 e. The number of anilines is 1. The van der Waals surface area contributed by atoms with Crippen LogP contribution in [0, 0.1) is 0 Å². The Hall–Kier alpha value is -1.11. The zero-order valence-electron chi connectivity index (χ0n) is 15.8. The van der Waals surface area contributed by atoms with Gasteiger partial charge in [-0.05, 0) is 37.8 Å². The zero-order valence-corrected chi connectivity index (χ0v) is 17.4. The number of nitrogens with zero attached hydrogens (tertiary/aromatic N) is 3. The van der Waals surface area contributed by atoms with Crippen LogP contribution in [0.25, 0.3) is 0 Å². The molecule has 1 unspecified atom stereocenters. The molecule has 2 aliphatic heterocycles. The van der Waals surface area contributed by atoms with Crippen LogP contribution in [0.15, 0.2) is 23.2 Å². The van der Waals surface area contributed by atoms with E-state index in [1.54, 1.807) is 0 Å². The molecule has 1 aromatic rings. The summed E-state index contributed by atoms with van der Waals surface area (Å²) in [6.45, 7) is 5.89. The predicted octanol–water partition coefficient (Wildman–Crippen LogP) is 2.65. The normalized spacial score (nSPS) is 21.9. The number of thioether (sulfide) groups is 1. The Morgan fingerprint density at radius 3 is 2.77 bits per heavy atom. The van der Waals surface area contributed by atoms with Crippen molar-refractivity contribution in [1.82, 2.24) is 15.5 Å². The molecular weight excluding hydrogens is 366 g/mol. The number of rotatable bonds is 5. The first-order valence-corrected chi connectivity index (χ1v) is 10.9. The van der Waals surface area contributed by atoms with Gasteiger partial charge in [0.25, 0.3) is 0 Å². The maximum atomic E-state index is 6.54. The molecule has 2 aliphatic rings. The Bertz CT molecular complexity index is 610. The smallest absolute Gasteiger partial charge is 0.191 e. The summed E-state index contributed by atoms with van der Waals surface area (Å²) in [6, 6.07) is 6.20. The summed E-state index contributed by atoms with van der Waals surface area (Å²) in [5.74, 6) is 2.13. The lowest BCUT2D eigenvalue weighted by Gasteiger charge is -2.35. The van der Waals surface area contributed by atoms with E-state index in [1.165, 1.54) is 24.3 Å². The average Bonchev–Trinajstić information content (AvgIpc) is 3.17. The molecule has 0 bridgehead atoms. The number of likely N-dealkylation sites (N-methyl/N-ethyl adjacent to an activating group) is 1. The summed E-state index contributed by atoms with van der Waals surface area (Å²) in [7, 11) is 4.00. The van der Waals surface area contributed by atoms with Crippen molar-refractivity contribution in [2.24, 2.45) is 4.99 Å². The standard InChI is InChI=1S/C19H30ClN5S/c1-21-19(22-13-15-5-4-12-26-15)23-14-16-17(20)6-3-7-18(16)25-10-8-24(2)9-11-25/h3,6-7,15H,4-5,8-14H2,1-2H3,(H2,21,22,23). The van der Waals surface area contributed by atoms with Crippen LogP contribution in [0.2, 0.25) is 5.02 Å². The third-order valence-electron chi connectivity index (χ3n) is 5.12. The Morgan fingerprint density at radius 1 is 1.27 bits per heavy atom. The first kappa shape index (κ1) is 19.6. The lowest BCUT2D eigenvalue weighted by Crippen LogP contribution is -2.45. The van der Waals surface area contributed by atoms with Crippen LogP contribution in [0.4, 0.5) is 5.69 Å². The Labute approximate surface area is 166 Å². The first-order chi connectivity index (χ1) is 12.7. The van der Waals surface area contributed by atoms with E-state index >= 15 is 0 Å². The number of halogens is 1. The summed E-state index contributed by atoms with van der Waals surface area (Å²) >= 11 is 8.60. The van der Waals surface area contributed by atoms with Crippen molar-refractivity contribution in [2.75, 3.05) is 57.5 Å². The maximum absolute atomic E-state index is 6.54. The molecule has 0 spiro atoms. The Balaban J connectivity index is 1.61. The molecule has 5 nitrogen and oxygen atoms in total. The first-order valence-electron chi connectivity index (χ1n) is 9.44. The molecule has 0 radical (unpaired) electrons. The van der Waals surface area contributed by atoms with Gasteiger partial charge in [-0.2, -0.15) is 11.8 Å². The van der Waals surface area contributed by atoms with Crippen molar-refractivity contribution in [3.63, 3.8) is 0 Å². The second-order valence-electron chi connectivity index (χ2n) is 6.97. The molecule has 0 aromatic heterocycles. The monoisotopic (exact) mass is 395 g/mol. The number of hydrogen-bond donors (Lipinski definition) is 2. The van der Waals surface area contributed by atoms with Crippen LogP contribution < -0.4 is 15.5 Å². The van der Waals surface area contributed by atoms with E-state index in [1.807, 2.05) is 19.2 Å². The van der Waals surface area contributed by atoms with Crippen molar-refractivity contribution in [1.29, 1.82) is 0 Å².